The largest absolute Gasteiger partial charge is 0.399 e. The first-order valence-electron chi connectivity index (χ1n) is 5.37. The molecule has 0 bridgehead atoms. The smallest absolute Gasteiger partial charge is 0.238 e. The van der Waals surface area contributed by atoms with Gasteiger partial charge in [-0.15, -0.1) is 0 Å². The molecule has 102 valence electrons. The highest BCUT2D eigenvalue weighted by molar-refractivity contribution is 7.89. The van der Waals surface area contributed by atoms with Crippen LogP contribution in [0.2, 0.25) is 0 Å². The molecule has 0 fully saturated rings. The van der Waals surface area contributed by atoms with Crippen molar-refractivity contribution in [1.82, 2.24) is 10.1 Å². The van der Waals surface area contributed by atoms with E-state index in [4.69, 9.17) is 10.9 Å². The van der Waals surface area contributed by atoms with E-state index >= 15 is 0 Å². The van der Waals surface area contributed by atoms with Crippen LogP contribution in [0.5, 0.6) is 0 Å². The number of nitrogens with one attached hydrogen (secondary N) is 1. The molecule has 1 aromatic carbocycles. The van der Waals surface area contributed by atoms with Crippen LogP contribution in [-0.4, -0.2) is 25.1 Å². The van der Waals surface area contributed by atoms with Crippen LogP contribution in [0, 0.1) is 0 Å². The third-order valence-corrected chi connectivity index (χ3v) is 3.23. The summed E-state index contributed by atoms with van der Waals surface area (Å²) in [6.07, 6.45) is 1.78. The van der Waals surface area contributed by atoms with Crippen LogP contribution in [0.4, 0.5) is 11.4 Å². The zero-order valence-electron chi connectivity index (χ0n) is 9.91. The lowest BCUT2D eigenvalue weighted by Crippen LogP contribution is -2.13. The molecule has 0 saturated carbocycles. The predicted molar refractivity (Wildman–Crippen MR) is 68.7 cm³/mol. The van der Waals surface area contributed by atoms with E-state index in [9.17, 15) is 8.42 Å². The first-order valence-corrected chi connectivity index (χ1v) is 6.92. The lowest BCUT2D eigenvalue weighted by molar-refractivity contribution is 0.410. The van der Waals surface area contributed by atoms with Crippen LogP contribution in [0.3, 0.4) is 0 Å². The second kappa shape index (κ2) is 5.24. The number of benzene rings is 1. The van der Waals surface area contributed by atoms with Gasteiger partial charge in [0.15, 0.2) is 5.82 Å². The van der Waals surface area contributed by atoms with Crippen LogP contribution < -0.4 is 16.2 Å². The summed E-state index contributed by atoms with van der Waals surface area (Å²) >= 11 is 0. The number of hydrogen-bond donors (Lipinski definition) is 3. The molecule has 0 saturated heterocycles. The van der Waals surface area contributed by atoms with E-state index in [1.165, 1.54) is 18.5 Å². The second-order valence-electron chi connectivity index (χ2n) is 3.86. The summed E-state index contributed by atoms with van der Waals surface area (Å²) in [6.45, 7) is 0.507. The number of hydrogen-bond acceptors (Lipinski definition) is 7. The summed E-state index contributed by atoms with van der Waals surface area (Å²) in [5.74, 6) is 0.558. The van der Waals surface area contributed by atoms with Crippen molar-refractivity contribution in [2.45, 2.75) is 11.3 Å². The average Bonchev–Trinajstić information content (AvgIpc) is 2.80. The van der Waals surface area contributed by atoms with Crippen molar-refractivity contribution in [2.75, 3.05) is 17.6 Å². The Morgan fingerprint density at radius 3 is 2.74 bits per heavy atom. The Hall–Kier alpha value is -2.13. The van der Waals surface area contributed by atoms with Gasteiger partial charge in [-0.2, -0.15) is 4.98 Å². The molecule has 0 aliphatic heterocycles. The number of nitrogens with two attached hydrogens (primary N) is 2. The predicted octanol–water partition coefficient (Wildman–Crippen LogP) is -0.0462. The number of aromatic nitrogens is 2. The first kappa shape index (κ1) is 13.3. The van der Waals surface area contributed by atoms with Gasteiger partial charge >= 0.3 is 0 Å². The molecule has 2 rings (SSSR count). The van der Waals surface area contributed by atoms with Crippen molar-refractivity contribution < 1.29 is 12.9 Å². The molecule has 8 nitrogen and oxygen atoms in total. The molecule has 1 aromatic heterocycles. The first-order chi connectivity index (χ1) is 8.95. The number of rotatable bonds is 5. The molecule has 0 amide bonds. The molecule has 0 unspecified atom stereocenters. The van der Waals surface area contributed by atoms with E-state index in [1.807, 2.05) is 0 Å². The fraction of sp³-hybridized carbons (Fsp3) is 0.200. The van der Waals surface area contributed by atoms with Crippen molar-refractivity contribution in [3.63, 3.8) is 0 Å². The van der Waals surface area contributed by atoms with Crippen LogP contribution in [0.1, 0.15) is 5.82 Å². The van der Waals surface area contributed by atoms with Crippen LogP contribution in [-0.2, 0) is 16.4 Å². The van der Waals surface area contributed by atoms with E-state index in [-0.39, 0.29) is 4.90 Å². The van der Waals surface area contributed by atoms with Crippen molar-refractivity contribution in [1.29, 1.82) is 0 Å². The molecule has 0 aliphatic rings. The van der Waals surface area contributed by atoms with Gasteiger partial charge in [0.25, 0.3) is 0 Å². The molecule has 0 atom stereocenters. The fourth-order valence-electron chi connectivity index (χ4n) is 1.51. The van der Waals surface area contributed by atoms with Gasteiger partial charge in [0, 0.05) is 24.3 Å². The zero-order chi connectivity index (χ0) is 13.9. The van der Waals surface area contributed by atoms with E-state index in [0.717, 1.165) is 0 Å². The van der Waals surface area contributed by atoms with Gasteiger partial charge in [0.2, 0.25) is 16.4 Å². The quantitative estimate of drug-likeness (QED) is 0.654. The van der Waals surface area contributed by atoms with E-state index in [1.54, 1.807) is 6.07 Å². The summed E-state index contributed by atoms with van der Waals surface area (Å²) < 4.78 is 27.1. The Bertz CT molecular complexity index is 654. The normalized spacial score (nSPS) is 11.4. The maximum absolute atomic E-state index is 11.3. The highest BCUT2D eigenvalue weighted by atomic mass is 32.2. The molecular weight excluding hydrogens is 270 g/mol. The van der Waals surface area contributed by atoms with Gasteiger partial charge in [-0.1, -0.05) is 5.16 Å². The summed E-state index contributed by atoms with van der Waals surface area (Å²) in [7, 11) is -3.78. The lowest BCUT2D eigenvalue weighted by Gasteiger charge is -2.08. The Morgan fingerprint density at radius 2 is 2.11 bits per heavy atom. The van der Waals surface area contributed by atoms with Crippen LogP contribution >= 0.6 is 0 Å². The molecule has 1 heterocycles. The summed E-state index contributed by atoms with van der Waals surface area (Å²) in [6, 6.07) is 4.34. The van der Waals surface area contributed by atoms with E-state index in [2.05, 4.69) is 20.0 Å². The van der Waals surface area contributed by atoms with E-state index in [0.29, 0.717) is 30.2 Å². The Morgan fingerprint density at radius 1 is 1.32 bits per heavy atom. The summed E-state index contributed by atoms with van der Waals surface area (Å²) in [4.78, 5) is 3.83. The molecule has 0 radical (unpaired) electrons. The number of sulfonamides is 1. The van der Waals surface area contributed by atoms with Crippen LogP contribution in [0.15, 0.2) is 34.0 Å². The van der Waals surface area contributed by atoms with Gasteiger partial charge in [-0.3, -0.25) is 0 Å². The third-order valence-electron chi connectivity index (χ3n) is 2.34. The topological polar surface area (TPSA) is 137 Å². The van der Waals surface area contributed by atoms with Gasteiger partial charge in [-0.05, 0) is 18.2 Å². The fourth-order valence-corrected chi connectivity index (χ4v) is 2.10. The molecule has 19 heavy (non-hydrogen) atoms. The highest BCUT2D eigenvalue weighted by Crippen LogP contribution is 2.19. The second-order valence-corrected chi connectivity index (χ2v) is 5.42. The highest BCUT2D eigenvalue weighted by Gasteiger charge is 2.10. The minimum atomic E-state index is -3.78. The van der Waals surface area contributed by atoms with Crippen LogP contribution in [0.25, 0.3) is 0 Å². The maximum Gasteiger partial charge on any atom is 0.238 e. The SMILES string of the molecule is Nc1cc(NCCc2ncon2)cc(S(N)(=O)=O)c1. The standard InChI is InChI=1S/C10H13N5O3S/c11-7-3-8(5-9(4-7)19(12,16)17)13-2-1-10-14-6-18-15-10/h3-6,13H,1-2,11H2,(H2,12,16,17). The number of nitrogen functional groups attached to an aromatic ring is 1. The van der Waals surface area contributed by atoms with Gasteiger partial charge in [-0.25, -0.2) is 13.6 Å². The minimum absolute atomic E-state index is 0.0328. The molecule has 0 aliphatic carbocycles. The Kier molecular flexibility index (Phi) is 3.67. The third kappa shape index (κ3) is 3.66. The number of nitrogens with zero attached hydrogens (tertiary/aromatic N) is 2. The average molecular weight is 283 g/mol. The molecule has 2 aromatic rings. The summed E-state index contributed by atoms with van der Waals surface area (Å²) in [5, 5.41) is 11.7. The molecule has 5 N–H and O–H groups in total. The molecular formula is C10H13N5O3S. The van der Waals surface area contributed by atoms with Crippen molar-refractivity contribution in [2.24, 2.45) is 5.14 Å². The van der Waals surface area contributed by atoms with Crippen molar-refractivity contribution >= 4 is 21.4 Å². The number of anilines is 2. The van der Waals surface area contributed by atoms with Gasteiger partial charge in [0.05, 0.1) is 4.90 Å². The molecule has 0 spiro atoms. The van der Waals surface area contributed by atoms with E-state index < -0.39 is 10.0 Å². The zero-order valence-corrected chi connectivity index (χ0v) is 10.7. The lowest BCUT2D eigenvalue weighted by atomic mass is 10.2. The molecule has 9 heteroatoms. The Labute approximate surface area is 109 Å². The number of primary sulfonamides is 1. The van der Waals surface area contributed by atoms with Gasteiger partial charge < -0.3 is 15.6 Å². The van der Waals surface area contributed by atoms with Crippen molar-refractivity contribution in [3.05, 3.63) is 30.4 Å². The monoisotopic (exact) mass is 283 g/mol. The summed E-state index contributed by atoms with van der Waals surface area (Å²) in [5.41, 5.74) is 6.50. The maximum atomic E-state index is 11.3. The minimum Gasteiger partial charge on any atom is -0.399 e. The Balaban J connectivity index is 2.06. The van der Waals surface area contributed by atoms with Crippen molar-refractivity contribution in [3.8, 4) is 0 Å². The van der Waals surface area contributed by atoms with Gasteiger partial charge in [0.1, 0.15) is 0 Å².